The molecule has 4 nitrogen and oxygen atoms in total. The minimum Gasteiger partial charge on any atom is -1.00 e. The van der Waals surface area contributed by atoms with Crippen LogP contribution in [0.1, 0.15) is 0 Å². The van der Waals surface area contributed by atoms with Crippen molar-refractivity contribution in [2.45, 2.75) is 0 Å². The Kier molecular flexibility index (Phi) is 12800. The fourth-order valence-corrected chi connectivity index (χ4v) is 0. The topological polar surface area (TPSA) is 140 Å². The Morgan fingerprint density at radius 3 is 0.500 bits per heavy atom. The van der Waals surface area contributed by atoms with E-state index in [-0.39, 0.29) is 57.4 Å². The minimum atomic E-state index is 0. The summed E-state index contributed by atoms with van der Waals surface area (Å²) in [5, 5.41) is 0. The molecule has 50 valence electrons. The molecule has 0 aromatic carbocycles. The number of hydrogen-bond acceptors (Lipinski definition) is 4. The fraction of sp³-hybridized carbons (Fsp3) is 0. The van der Waals surface area contributed by atoms with Crippen molar-refractivity contribution in [3.05, 3.63) is 0 Å². The third kappa shape index (κ3) is 110. The molecule has 0 aliphatic rings. The molecule has 6 heavy (non-hydrogen) atoms. The molecule has 0 aromatic rings. The predicted octanol–water partition coefficient (Wildman–Crippen LogP) is -2.35. The standard InChI is InChI=1S/ClH.4H3N.Pd/h1H;4*1H3;/p-1. The fourth-order valence-electron chi connectivity index (χ4n) is 0. The van der Waals surface area contributed by atoms with Crippen LogP contribution in [0, 0.1) is 0 Å². The number of rotatable bonds is 0. The van der Waals surface area contributed by atoms with Crippen LogP contribution in [-0.2, 0) is 20.4 Å². The van der Waals surface area contributed by atoms with E-state index < -0.39 is 0 Å². The second kappa shape index (κ2) is 212. The maximum absolute atomic E-state index is 0. The third-order valence-electron chi connectivity index (χ3n) is 0. The maximum atomic E-state index is 0. The van der Waals surface area contributed by atoms with Gasteiger partial charge in [-0.25, -0.2) is 0 Å². The van der Waals surface area contributed by atoms with Crippen molar-refractivity contribution in [1.82, 2.24) is 24.6 Å². The van der Waals surface area contributed by atoms with Crippen molar-refractivity contribution in [3.63, 3.8) is 0 Å². The molecule has 0 bridgehead atoms. The molecule has 0 saturated carbocycles. The van der Waals surface area contributed by atoms with Crippen LogP contribution in [0.15, 0.2) is 0 Å². The van der Waals surface area contributed by atoms with Crippen LogP contribution in [0.25, 0.3) is 0 Å². The Labute approximate surface area is 57.8 Å². The van der Waals surface area contributed by atoms with E-state index in [4.69, 9.17) is 0 Å². The van der Waals surface area contributed by atoms with Crippen molar-refractivity contribution in [2.24, 2.45) is 0 Å². The van der Waals surface area contributed by atoms with Crippen LogP contribution in [0.3, 0.4) is 0 Å². The Balaban J connectivity index is 0. The monoisotopic (exact) mass is 209 g/mol. The zero-order valence-electron chi connectivity index (χ0n) is 3.52. The first kappa shape index (κ1) is 363. The Bertz CT molecular complexity index is 7.51. The zero-order valence-corrected chi connectivity index (χ0v) is 5.83. The van der Waals surface area contributed by atoms with Gasteiger partial charge in [0.15, 0.2) is 0 Å². The molecule has 0 aliphatic heterocycles. The summed E-state index contributed by atoms with van der Waals surface area (Å²) in [5.74, 6) is 0. The molecule has 0 radical (unpaired) electrons. The van der Waals surface area contributed by atoms with Gasteiger partial charge in [-0.05, 0) is 0 Å². The first-order chi connectivity index (χ1) is 0. The molecule has 0 aliphatic carbocycles. The van der Waals surface area contributed by atoms with E-state index in [1.54, 1.807) is 0 Å². The molecule has 0 aromatic heterocycles. The summed E-state index contributed by atoms with van der Waals surface area (Å²) < 4.78 is 0. The minimum absolute atomic E-state index is 0. The van der Waals surface area contributed by atoms with Gasteiger partial charge in [0.2, 0.25) is 0 Å². The van der Waals surface area contributed by atoms with Gasteiger partial charge >= 0.3 is 0 Å². The van der Waals surface area contributed by atoms with Crippen molar-refractivity contribution < 1.29 is 32.8 Å². The van der Waals surface area contributed by atoms with Gasteiger partial charge in [-0.15, -0.1) is 0 Å². The van der Waals surface area contributed by atoms with E-state index in [0.29, 0.717) is 0 Å². The molecular weight excluding hydrogens is 198 g/mol. The summed E-state index contributed by atoms with van der Waals surface area (Å²) in [6.07, 6.45) is 0. The predicted molar refractivity (Wildman–Crippen MR) is 20.1 cm³/mol. The quantitative estimate of drug-likeness (QED) is 0.332. The molecule has 0 unspecified atom stereocenters. The van der Waals surface area contributed by atoms with Gasteiger partial charge in [0.25, 0.3) is 0 Å². The van der Waals surface area contributed by atoms with E-state index >= 15 is 0 Å². The molecule has 6 heteroatoms. The molecule has 12 N–H and O–H groups in total. The number of halogens is 1. The zero-order chi connectivity index (χ0) is 0. The van der Waals surface area contributed by atoms with Crippen molar-refractivity contribution >= 4 is 0 Å². The first-order valence-corrected chi connectivity index (χ1v) is 0. The van der Waals surface area contributed by atoms with Crippen LogP contribution in [-0.4, -0.2) is 0 Å². The molecule has 0 saturated heterocycles. The normalized spacial score (nSPS) is 0. The summed E-state index contributed by atoms with van der Waals surface area (Å²) in [5.41, 5.74) is 0. The second-order valence-electron chi connectivity index (χ2n) is 0. The summed E-state index contributed by atoms with van der Waals surface area (Å²) in [4.78, 5) is 0. The first-order valence-electron chi connectivity index (χ1n) is 0. The van der Waals surface area contributed by atoms with Gasteiger partial charge in [0, 0.05) is 20.4 Å². The van der Waals surface area contributed by atoms with Crippen molar-refractivity contribution in [1.29, 1.82) is 0 Å². The largest absolute Gasteiger partial charge is 1.00 e. The summed E-state index contributed by atoms with van der Waals surface area (Å²) >= 11 is 0. The van der Waals surface area contributed by atoms with E-state index in [0.717, 1.165) is 0 Å². The van der Waals surface area contributed by atoms with E-state index in [2.05, 4.69) is 0 Å². The van der Waals surface area contributed by atoms with E-state index in [9.17, 15) is 0 Å². The van der Waals surface area contributed by atoms with Crippen LogP contribution in [0.2, 0.25) is 0 Å². The maximum Gasteiger partial charge on any atom is 0 e. The second-order valence-corrected chi connectivity index (χ2v) is 0. The summed E-state index contributed by atoms with van der Waals surface area (Å²) in [7, 11) is 0. The van der Waals surface area contributed by atoms with Gasteiger partial charge in [-0.3, -0.25) is 0 Å². The molecule has 0 amide bonds. The van der Waals surface area contributed by atoms with Gasteiger partial charge in [0.05, 0.1) is 0 Å². The Morgan fingerprint density at radius 2 is 0.500 bits per heavy atom. The molecule has 0 atom stereocenters. The summed E-state index contributed by atoms with van der Waals surface area (Å²) in [6, 6.07) is 0. The molecule has 0 rings (SSSR count). The molecule has 0 spiro atoms. The van der Waals surface area contributed by atoms with Crippen molar-refractivity contribution in [2.75, 3.05) is 0 Å². The SMILES string of the molecule is N.N.N.N.[Cl-].[Pd]. The average Bonchev–Trinajstić information content (AvgIpc) is 0. The Hall–Kier alpha value is 0.792. The van der Waals surface area contributed by atoms with E-state index in [1.165, 1.54) is 0 Å². The van der Waals surface area contributed by atoms with Gasteiger partial charge in [-0.1, -0.05) is 0 Å². The van der Waals surface area contributed by atoms with Crippen molar-refractivity contribution in [3.8, 4) is 0 Å². The van der Waals surface area contributed by atoms with Gasteiger partial charge in [0.1, 0.15) is 0 Å². The molecule has 0 heterocycles. The third-order valence-corrected chi connectivity index (χ3v) is 0. The van der Waals surface area contributed by atoms with Crippen LogP contribution >= 0.6 is 0 Å². The van der Waals surface area contributed by atoms with E-state index in [1.807, 2.05) is 0 Å². The summed E-state index contributed by atoms with van der Waals surface area (Å²) in [6.45, 7) is 0. The van der Waals surface area contributed by atoms with Crippen LogP contribution in [0.5, 0.6) is 0 Å². The molecular formula is H12ClN4Pd-. The smallest absolute Gasteiger partial charge is 0 e. The van der Waals surface area contributed by atoms with Crippen LogP contribution in [0.4, 0.5) is 0 Å². The van der Waals surface area contributed by atoms with Gasteiger partial charge < -0.3 is 37.0 Å². The number of hydrogen-bond donors (Lipinski definition) is 4. The average molecular weight is 210 g/mol. The van der Waals surface area contributed by atoms with Gasteiger partial charge in [-0.2, -0.15) is 0 Å². The molecule has 0 fully saturated rings. The van der Waals surface area contributed by atoms with Crippen LogP contribution < -0.4 is 37.0 Å². The Morgan fingerprint density at radius 1 is 0.500 bits per heavy atom.